The molecule has 3 aromatic heterocycles. The number of pyridine rings is 2. The van der Waals surface area contributed by atoms with E-state index in [0.29, 0.717) is 22.7 Å². The molecule has 1 aromatic carbocycles. The van der Waals surface area contributed by atoms with Crippen LogP contribution in [-0.4, -0.2) is 25.3 Å². The highest BCUT2D eigenvalue weighted by atomic mass is 16.6. The minimum absolute atomic E-state index is 0.0101. The lowest BCUT2D eigenvalue weighted by Gasteiger charge is -2.04. The van der Waals surface area contributed by atoms with Gasteiger partial charge in [-0.25, -0.2) is 9.78 Å². The Kier molecular flexibility index (Phi) is 4.06. The number of hydrogen-bond acceptors (Lipinski definition) is 6. The lowest BCUT2D eigenvalue weighted by molar-refractivity contribution is -0.385. The Morgan fingerprint density at radius 2 is 1.89 bits per heavy atom. The molecule has 0 atom stereocenters. The van der Waals surface area contributed by atoms with Gasteiger partial charge in [0.2, 0.25) is 0 Å². The maximum atomic E-state index is 12.0. The summed E-state index contributed by atoms with van der Waals surface area (Å²) in [4.78, 5) is 30.8. The molecule has 0 aliphatic rings. The van der Waals surface area contributed by atoms with Crippen molar-refractivity contribution >= 4 is 17.3 Å². The summed E-state index contributed by atoms with van der Waals surface area (Å²) in [5.41, 5.74) is 2.40. The number of ether oxygens (including phenoxy) is 1. The third-order valence-electron chi connectivity index (χ3n) is 3.90. The van der Waals surface area contributed by atoms with E-state index in [9.17, 15) is 14.9 Å². The van der Waals surface area contributed by atoms with E-state index in [2.05, 4.69) is 9.97 Å². The van der Waals surface area contributed by atoms with Crippen LogP contribution in [0.25, 0.3) is 16.9 Å². The summed E-state index contributed by atoms with van der Waals surface area (Å²) in [6.45, 7) is 0. The number of hydrogen-bond donors (Lipinski definition) is 0. The average molecular weight is 360 g/mol. The number of carbonyl (C=O) groups is 1. The third kappa shape index (κ3) is 3.36. The number of carbonyl (C=O) groups excluding carboxylic acids is 1. The SMILES string of the molecule is O=C(Oc1ccc(-c2cn3cc([N+](=O)[O-])ccc3n2)cc1)c1cccnc1. The Hall–Kier alpha value is -4.07. The fourth-order valence-corrected chi connectivity index (χ4v) is 2.57. The van der Waals surface area contributed by atoms with E-state index >= 15 is 0 Å². The highest BCUT2D eigenvalue weighted by molar-refractivity contribution is 5.90. The first-order chi connectivity index (χ1) is 13.1. The molecule has 8 heteroatoms. The van der Waals surface area contributed by atoms with Crippen LogP contribution in [-0.2, 0) is 0 Å². The van der Waals surface area contributed by atoms with Crippen LogP contribution in [0.2, 0.25) is 0 Å². The summed E-state index contributed by atoms with van der Waals surface area (Å²) in [6, 6.07) is 13.1. The highest BCUT2D eigenvalue weighted by Crippen LogP contribution is 2.24. The van der Waals surface area contributed by atoms with E-state index in [1.165, 1.54) is 18.5 Å². The Bertz CT molecular complexity index is 1140. The molecule has 0 bridgehead atoms. The van der Waals surface area contributed by atoms with Gasteiger partial charge in [0, 0.05) is 30.2 Å². The molecular formula is C19H12N4O4. The monoisotopic (exact) mass is 360 g/mol. The molecule has 27 heavy (non-hydrogen) atoms. The Balaban J connectivity index is 1.56. The molecule has 0 saturated carbocycles. The van der Waals surface area contributed by atoms with E-state index in [-0.39, 0.29) is 5.69 Å². The van der Waals surface area contributed by atoms with Gasteiger partial charge in [-0.15, -0.1) is 0 Å². The number of imidazole rings is 1. The Labute approximate surface area is 152 Å². The zero-order valence-corrected chi connectivity index (χ0v) is 13.9. The van der Waals surface area contributed by atoms with Crippen molar-refractivity contribution in [2.75, 3.05) is 0 Å². The molecule has 0 spiro atoms. The smallest absolute Gasteiger partial charge is 0.345 e. The summed E-state index contributed by atoms with van der Waals surface area (Å²) in [5, 5.41) is 10.9. The second-order valence-electron chi connectivity index (χ2n) is 5.69. The lowest BCUT2D eigenvalue weighted by atomic mass is 10.1. The molecule has 4 aromatic rings. The number of aromatic nitrogens is 3. The van der Waals surface area contributed by atoms with Crippen molar-refractivity contribution in [1.82, 2.24) is 14.4 Å². The molecule has 0 fully saturated rings. The zero-order chi connectivity index (χ0) is 18.8. The fraction of sp³-hybridized carbons (Fsp3) is 0. The molecule has 0 aliphatic heterocycles. The summed E-state index contributed by atoms with van der Waals surface area (Å²) in [7, 11) is 0. The predicted molar refractivity (Wildman–Crippen MR) is 96.5 cm³/mol. The van der Waals surface area contributed by atoms with E-state index < -0.39 is 10.9 Å². The van der Waals surface area contributed by atoms with Gasteiger partial charge in [0.05, 0.1) is 22.4 Å². The molecule has 0 unspecified atom stereocenters. The first-order valence-electron chi connectivity index (χ1n) is 7.96. The van der Waals surface area contributed by atoms with Crippen molar-refractivity contribution < 1.29 is 14.5 Å². The third-order valence-corrected chi connectivity index (χ3v) is 3.90. The van der Waals surface area contributed by atoms with Gasteiger partial charge in [0.15, 0.2) is 0 Å². The van der Waals surface area contributed by atoms with Crippen LogP contribution in [0.15, 0.2) is 73.3 Å². The van der Waals surface area contributed by atoms with Crippen molar-refractivity contribution in [1.29, 1.82) is 0 Å². The Morgan fingerprint density at radius 3 is 2.59 bits per heavy atom. The van der Waals surface area contributed by atoms with Crippen LogP contribution >= 0.6 is 0 Å². The van der Waals surface area contributed by atoms with Gasteiger partial charge in [-0.3, -0.25) is 19.5 Å². The molecule has 0 aliphatic carbocycles. The van der Waals surface area contributed by atoms with Gasteiger partial charge in [0.1, 0.15) is 11.4 Å². The van der Waals surface area contributed by atoms with Crippen LogP contribution in [0.5, 0.6) is 5.75 Å². The van der Waals surface area contributed by atoms with Gasteiger partial charge in [-0.05, 0) is 42.5 Å². The van der Waals surface area contributed by atoms with Gasteiger partial charge < -0.3 is 4.74 Å². The number of rotatable bonds is 4. The van der Waals surface area contributed by atoms with Crippen molar-refractivity contribution in [2.45, 2.75) is 0 Å². The number of nitrogens with zero attached hydrogens (tertiary/aromatic N) is 4. The quantitative estimate of drug-likeness (QED) is 0.239. The lowest BCUT2D eigenvalue weighted by Crippen LogP contribution is -2.08. The first kappa shape index (κ1) is 16.4. The normalized spacial score (nSPS) is 10.7. The van der Waals surface area contributed by atoms with E-state index in [1.807, 2.05) is 0 Å². The minimum Gasteiger partial charge on any atom is -0.423 e. The number of fused-ring (bicyclic) bond motifs is 1. The van der Waals surface area contributed by atoms with Crippen LogP contribution in [0.3, 0.4) is 0 Å². The van der Waals surface area contributed by atoms with Crippen molar-refractivity contribution in [3.63, 3.8) is 0 Å². The van der Waals surface area contributed by atoms with Crippen molar-refractivity contribution in [2.24, 2.45) is 0 Å². The van der Waals surface area contributed by atoms with E-state index in [1.54, 1.807) is 59.3 Å². The first-order valence-corrected chi connectivity index (χ1v) is 7.96. The molecule has 0 N–H and O–H groups in total. The average Bonchev–Trinajstić information content (AvgIpc) is 3.12. The largest absolute Gasteiger partial charge is 0.423 e. The van der Waals surface area contributed by atoms with Crippen LogP contribution in [0.1, 0.15) is 10.4 Å². The molecule has 0 amide bonds. The van der Waals surface area contributed by atoms with Gasteiger partial charge >= 0.3 is 5.97 Å². The summed E-state index contributed by atoms with van der Waals surface area (Å²) in [5.74, 6) is -0.0945. The van der Waals surface area contributed by atoms with Crippen LogP contribution in [0, 0.1) is 10.1 Å². The van der Waals surface area contributed by atoms with Crippen molar-refractivity contribution in [3.05, 3.63) is 89.0 Å². The van der Waals surface area contributed by atoms with E-state index in [4.69, 9.17) is 4.74 Å². The molecular weight excluding hydrogens is 348 g/mol. The second kappa shape index (κ2) is 6.68. The molecule has 0 radical (unpaired) electrons. The highest BCUT2D eigenvalue weighted by Gasteiger charge is 2.11. The summed E-state index contributed by atoms with van der Waals surface area (Å²) in [6.07, 6.45) is 6.14. The maximum absolute atomic E-state index is 12.0. The Morgan fingerprint density at radius 1 is 1.07 bits per heavy atom. The summed E-state index contributed by atoms with van der Waals surface area (Å²) >= 11 is 0. The maximum Gasteiger partial charge on any atom is 0.345 e. The second-order valence-corrected chi connectivity index (χ2v) is 5.69. The van der Waals surface area contributed by atoms with Crippen LogP contribution < -0.4 is 4.74 Å². The molecule has 3 heterocycles. The van der Waals surface area contributed by atoms with Gasteiger partial charge in [0.25, 0.3) is 5.69 Å². The van der Waals surface area contributed by atoms with Gasteiger partial charge in [-0.1, -0.05) is 0 Å². The minimum atomic E-state index is -0.490. The number of nitro groups is 1. The summed E-state index contributed by atoms with van der Waals surface area (Å²) < 4.78 is 6.91. The standard InChI is InChI=1S/C19H12N4O4/c24-19(14-2-1-9-20-10-14)27-16-6-3-13(4-7-16)17-12-22-11-15(23(25)26)5-8-18(22)21-17/h1-12H. The van der Waals surface area contributed by atoms with E-state index in [0.717, 1.165) is 5.56 Å². The predicted octanol–water partition coefficient (Wildman–Crippen LogP) is 3.52. The number of benzene rings is 1. The zero-order valence-electron chi connectivity index (χ0n) is 13.9. The molecule has 8 nitrogen and oxygen atoms in total. The number of esters is 1. The van der Waals surface area contributed by atoms with Crippen molar-refractivity contribution in [3.8, 4) is 17.0 Å². The fourth-order valence-electron chi connectivity index (χ4n) is 2.57. The molecule has 4 rings (SSSR count). The molecule has 0 saturated heterocycles. The molecule has 132 valence electrons. The topological polar surface area (TPSA) is 99.6 Å². The van der Waals surface area contributed by atoms with Gasteiger partial charge in [-0.2, -0.15) is 0 Å². The van der Waals surface area contributed by atoms with Crippen LogP contribution in [0.4, 0.5) is 5.69 Å².